The molecule has 1 aliphatic rings. The predicted octanol–water partition coefficient (Wildman–Crippen LogP) is 2.10. The van der Waals surface area contributed by atoms with Crippen LogP contribution in [0.3, 0.4) is 0 Å². The zero-order valence-electron chi connectivity index (χ0n) is 12.5. The Morgan fingerprint density at radius 1 is 1.48 bits per heavy atom. The number of fused-ring (bicyclic) bond motifs is 1. The molecule has 0 aromatic carbocycles. The molecule has 0 bridgehead atoms. The van der Waals surface area contributed by atoms with Gasteiger partial charge >= 0.3 is 0 Å². The Morgan fingerprint density at radius 2 is 2.33 bits per heavy atom. The highest BCUT2D eigenvalue weighted by molar-refractivity contribution is 7.99. The first-order valence-corrected chi connectivity index (χ1v) is 8.35. The van der Waals surface area contributed by atoms with Crippen LogP contribution in [0, 0.1) is 0 Å². The first kappa shape index (κ1) is 14.8. The number of nitrogens with one attached hydrogen (secondary N) is 1. The molecule has 2 atom stereocenters. The second-order valence-corrected chi connectivity index (χ2v) is 7.40. The Hall–Kier alpha value is -1.11. The van der Waals surface area contributed by atoms with Crippen molar-refractivity contribution in [3.05, 3.63) is 24.4 Å². The van der Waals surface area contributed by atoms with Crippen molar-refractivity contribution >= 4 is 17.4 Å². The molecular formula is C15H22N4OS. The van der Waals surface area contributed by atoms with Gasteiger partial charge in [0.15, 0.2) is 10.8 Å². The minimum atomic E-state index is -0.133. The Bertz CT molecular complexity index is 614. The van der Waals surface area contributed by atoms with Crippen molar-refractivity contribution in [2.45, 2.75) is 55.1 Å². The molecule has 0 saturated heterocycles. The molecule has 2 unspecified atom stereocenters. The number of aliphatic hydroxyl groups excluding tert-OH is 1. The highest BCUT2D eigenvalue weighted by atomic mass is 32.2. The van der Waals surface area contributed by atoms with E-state index in [0.717, 1.165) is 30.1 Å². The fourth-order valence-corrected chi connectivity index (χ4v) is 4.45. The molecular weight excluding hydrogens is 284 g/mol. The molecule has 1 saturated carbocycles. The highest BCUT2D eigenvalue weighted by Gasteiger charge is 2.39. The lowest BCUT2D eigenvalue weighted by atomic mass is 9.98. The van der Waals surface area contributed by atoms with Gasteiger partial charge in [0.25, 0.3) is 0 Å². The van der Waals surface area contributed by atoms with E-state index in [1.54, 1.807) is 11.8 Å². The van der Waals surface area contributed by atoms with Gasteiger partial charge in [0.2, 0.25) is 0 Å². The fraction of sp³-hybridized carbons (Fsp3) is 0.600. The lowest BCUT2D eigenvalue weighted by molar-refractivity contribution is 0.156. The second-order valence-electron chi connectivity index (χ2n) is 6.13. The summed E-state index contributed by atoms with van der Waals surface area (Å²) in [6.45, 7) is 4.46. The lowest BCUT2D eigenvalue weighted by Gasteiger charge is -2.31. The SMILES string of the molecule is CC(C)NC1(CO)CCC(Sc2nnc3ccccn23)C1. The molecule has 2 aromatic rings. The molecule has 3 rings (SSSR count). The van der Waals surface area contributed by atoms with Crippen molar-refractivity contribution in [1.29, 1.82) is 0 Å². The van der Waals surface area contributed by atoms with Crippen LogP contribution in [-0.2, 0) is 0 Å². The molecule has 0 amide bonds. The zero-order valence-corrected chi connectivity index (χ0v) is 13.3. The van der Waals surface area contributed by atoms with E-state index in [1.165, 1.54) is 0 Å². The third kappa shape index (κ3) is 3.07. The molecule has 0 aliphatic heterocycles. The van der Waals surface area contributed by atoms with Gasteiger partial charge in [-0.05, 0) is 31.4 Å². The highest BCUT2D eigenvalue weighted by Crippen LogP contribution is 2.39. The maximum absolute atomic E-state index is 9.78. The van der Waals surface area contributed by atoms with E-state index in [4.69, 9.17) is 0 Å². The molecule has 5 nitrogen and oxygen atoms in total. The van der Waals surface area contributed by atoms with Gasteiger partial charge in [-0.2, -0.15) is 0 Å². The summed E-state index contributed by atoms with van der Waals surface area (Å²) in [6.07, 6.45) is 5.06. The van der Waals surface area contributed by atoms with Crippen molar-refractivity contribution in [2.24, 2.45) is 0 Å². The quantitative estimate of drug-likeness (QED) is 0.886. The zero-order chi connectivity index (χ0) is 14.9. The van der Waals surface area contributed by atoms with E-state index in [1.807, 2.05) is 28.8 Å². The van der Waals surface area contributed by atoms with Gasteiger partial charge in [0.05, 0.1) is 6.61 Å². The topological polar surface area (TPSA) is 62.5 Å². The van der Waals surface area contributed by atoms with Crippen molar-refractivity contribution in [3.63, 3.8) is 0 Å². The monoisotopic (exact) mass is 306 g/mol. The third-order valence-electron chi connectivity index (χ3n) is 4.02. The number of aliphatic hydroxyl groups is 1. The standard InChI is InChI=1S/C15H22N4OS/c1-11(2)16-15(10-20)7-6-12(9-15)21-14-18-17-13-5-3-4-8-19(13)14/h3-5,8,11-12,16,20H,6-7,9-10H2,1-2H3. The maximum atomic E-state index is 9.78. The number of aromatic nitrogens is 3. The van der Waals surface area contributed by atoms with E-state index >= 15 is 0 Å². The van der Waals surface area contributed by atoms with E-state index in [0.29, 0.717) is 11.3 Å². The summed E-state index contributed by atoms with van der Waals surface area (Å²) in [4.78, 5) is 0. The Kier molecular flexibility index (Phi) is 4.19. The van der Waals surface area contributed by atoms with Gasteiger partial charge in [0, 0.05) is 23.0 Å². The summed E-state index contributed by atoms with van der Waals surface area (Å²) < 4.78 is 2.03. The first-order valence-electron chi connectivity index (χ1n) is 7.47. The second kappa shape index (κ2) is 5.94. The van der Waals surface area contributed by atoms with Crippen LogP contribution in [0.5, 0.6) is 0 Å². The van der Waals surface area contributed by atoms with E-state index in [9.17, 15) is 5.11 Å². The smallest absolute Gasteiger partial charge is 0.195 e. The minimum Gasteiger partial charge on any atom is -0.394 e. The molecule has 2 heterocycles. The molecule has 2 N–H and O–H groups in total. The third-order valence-corrected chi connectivity index (χ3v) is 5.24. The normalized spacial score (nSPS) is 26.0. The molecule has 6 heteroatoms. The van der Waals surface area contributed by atoms with Crippen LogP contribution >= 0.6 is 11.8 Å². The van der Waals surface area contributed by atoms with Crippen LogP contribution in [-0.4, -0.2) is 43.1 Å². The van der Waals surface area contributed by atoms with Crippen LogP contribution in [0.4, 0.5) is 0 Å². The molecule has 1 fully saturated rings. The van der Waals surface area contributed by atoms with E-state index < -0.39 is 0 Å². The van der Waals surface area contributed by atoms with Crippen LogP contribution in [0.1, 0.15) is 33.1 Å². The number of pyridine rings is 1. The Balaban J connectivity index is 1.72. The largest absolute Gasteiger partial charge is 0.394 e. The van der Waals surface area contributed by atoms with Crippen LogP contribution in [0.25, 0.3) is 5.65 Å². The van der Waals surface area contributed by atoms with Crippen molar-refractivity contribution in [3.8, 4) is 0 Å². The van der Waals surface area contributed by atoms with E-state index in [2.05, 4.69) is 29.4 Å². The summed E-state index contributed by atoms with van der Waals surface area (Å²) in [5, 5.41) is 23.2. The number of hydrogen-bond donors (Lipinski definition) is 2. The summed E-state index contributed by atoms with van der Waals surface area (Å²) in [7, 11) is 0. The minimum absolute atomic E-state index is 0.133. The molecule has 0 radical (unpaired) electrons. The average molecular weight is 306 g/mol. The Morgan fingerprint density at radius 3 is 3.10 bits per heavy atom. The molecule has 21 heavy (non-hydrogen) atoms. The molecule has 1 aliphatic carbocycles. The van der Waals surface area contributed by atoms with Crippen LogP contribution in [0.2, 0.25) is 0 Å². The lowest BCUT2D eigenvalue weighted by Crippen LogP contribution is -2.49. The predicted molar refractivity (Wildman–Crippen MR) is 84.6 cm³/mol. The maximum Gasteiger partial charge on any atom is 0.195 e. The number of thioether (sulfide) groups is 1. The van der Waals surface area contributed by atoms with Gasteiger partial charge in [-0.25, -0.2) is 0 Å². The van der Waals surface area contributed by atoms with Gasteiger partial charge < -0.3 is 10.4 Å². The number of rotatable bonds is 5. The summed E-state index contributed by atoms with van der Waals surface area (Å²) in [6, 6.07) is 6.31. The molecule has 0 spiro atoms. The van der Waals surface area contributed by atoms with Gasteiger partial charge in [-0.15, -0.1) is 10.2 Å². The van der Waals surface area contributed by atoms with Crippen LogP contribution in [0.15, 0.2) is 29.6 Å². The first-order chi connectivity index (χ1) is 10.1. The van der Waals surface area contributed by atoms with Crippen molar-refractivity contribution in [2.75, 3.05) is 6.61 Å². The van der Waals surface area contributed by atoms with Crippen molar-refractivity contribution in [1.82, 2.24) is 19.9 Å². The van der Waals surface area contributed by atoms with Crippen LogP contribution < -0.4 is 5.32 Å². The number of hydrogen-bond acceptors (Lipinski definition) is 5. The van der Waals surface area contributed by atoms with Crippen molar-refractivity contribution < 1.29 is 5.11 Å². The molecule has 2 aromatic heterocycles. The summed E-state index contributed by atoms with van der Waals surface area (Å²) in [5.41, 5.74) is 0.749. The Labute approximate surface area is 129 Å². The van der Waals surface area contributed by atoms with Gasteiger partial charge in [0.1, 0.15) is 0 Å². The van der Waals surface area contributed by atoms with E-state index in [-0.39, 0.29) is 12.1 Å². The van der Waals surface area contributed by atoms with Gasteiger partial charge in [-0.3, -0.25) is 4.40 Å². The summed E-state index contributed by atoms with van der Waals surface area (Å²) in [5.74, 6) is 0. The van der Waals surface area contributed by atoms with Gasteiger partial charge in [-0.1, -0.05) is 31.7 Å². The fourth-order valence-electron chi connectivity index (χ4n) is 3.16. The number of nitrogens with zero attached hydrogens (tertiary/aromatic N) is 3. The molecule has 114 valence electrons. The summed E-state index contributed by atoms with van der Waals surface area (Å²) >= 11 is 1.77. The average Bonchev–Trinajstić information content (AvgIpc) is 3.05.